The molecule has 15 heavy (non-hydrogen) atoms. The minimum atomic E-state index is -0.273. The quantitative estimate of drug-likeness (QED) is 0.621. The van der Waals surface area contributed by atoms with E-state index in [-0.39, 0.29) is 5.97 Å². The molecule has 0 aliphatic carbocycles. The van der Waals surface area contributed by atoms with Crippen LogP contribution in [-0.2, 0) is 11.2 Å². The van der Waals surface area contributed by atoms with Gasteiger partial charge in [-0.2, -0.15) is 0 Å². The Morgan fingerprint density at radius 2 is 2.20 bits per heavy atom. The lowest BCUT2D eigenvalue weighted by Crippen LogP contribution is -2.02. The second kappa shape index (κ2) is 5.91. The van der Waals surface area contributed by atoms with Crippen molar-refractivity contribution in [1.29, 1.82) is 0 Å². The van der Waals surface area contributed by atoms with Gasteiger partial charge in [0.05, 0.1) is 12.7 Å². The summed E-state index contributed by atoms with van der Waals surface area (Å²) in [6.07, 6.45) is 2.15. The minimum absolute atomic E-state index is 0.273. The van der Waals surface area contributed by atoms with Crippen LogP contribution in [0.4, 0.5) is 0 Å². The van der Waals surface area contributed by atoms with E-state index < -0.39 is 0 Å². The van der Waals surface area contributed by atoms with Crippen LogP contribution in [-0.4, -0.2) is 18.4 Å². The lowest BCUT2D eigenvalue weighted by molar-refractivity contribution is 0.0600. The maximum Gasteiger partial charge on any atom is 0.337 e. The molecule has 0 fully saturated rings. The number of hydrogen-bond donors (Lipinski definition) is 0. The Morgan fingerprint density at radius 3 is 2.73 bits per heavy atom. The van der Waals surface area contributed by atoms with Crippen LogP contribution in [0.2, 0.25) is 0 Å². The van der Waals surface area contributed by atoms with Gasteiger partial charge in [0.2, 0.25) is 0 Å². The predicted octanol–water partition coefficient (Wildman–Crippen LogP) is 3.11. The van der Waals surface area contributed by atoms with Crippen LogP contribution in [0.25, 0.3) is 0 Å². The number of esters is 1. The van der Waals surface area contributed by atoms with Gasteiger partial charge in [0, 0.05) is 5.33 Å². The van der Waals surface area contributed by atoms with Gasteiger partial charge in [0.1, 0.15) is 0 Å². The number of hydrogen-bond acceptors (Lipinski definition) is 2. The van der Waals surface area contributed by atoms with Crippen LogP contribution in [0.5, 0.6) is 0 Å². The van der Waals surface area contributed by atoms with Gasteiger partial charge in [0.15, 0.2) is 0 Å². The third-order valence-electron chi connectivity index (χ3n) is 2.34. The molecule has 0 heterocycles. The van der Waals surface area contributed by atoms with E-state index in [2.05, 4.69) is 20.7 Å². The molecule has 1 aromatic rings. The molecule has 0 bridgehead atoms. The topological polar surface area (TPSA) is 26.3 Å². The Hall–Kier alpha value is -0.830. The molecule has 1 rings (SSSR count). The van der Waals surface area contributed by atoms with Crippen molar-refractivity contribution in [2.45, 2.75) is 19.8 Å². The molecule has 0 spiro atoms. The van der Waals surface area contributed by atoms with Crippen molar-refractivity contribution in [1.82, 2.24) is 0 Å². The number of halogens is 1. The van der Waals surface area contributed by atoms with Crippen molar-refractivity contribution >= 4 is 21.9 Å². The third-order valence-corrected chi connectivity index (χ3v) is 2.90. The van der Waals surface area contributed by atoms with Gasteiger partial charge in [-0.3, -0.25) is 0 Å². The van der Waals surface area contributed by atoms with Crippen LogP contribution in [0, 0.1) is 6.92 Å². The first-order valence-electron chi connectivity index (χ1n) is 4.93. The first-order valence-corrected chi connectivity index (χ1v) is 6.05. The standard InChI is InChI=1S/C12H15BrO2/c1-9-8-11(12(14)15-2)6-5-10(9)4-3-7-13/h5-6,8H,3-4,7H2,1-2H3. The molecule has 0 saturated carbocycles. The number of methoxy groups -OCH3 is 1. The molecule has 0 amide bonds. The Morgan fingerprint density at radius 1 is 1.47 bits per heavy atom. The summed E-state index contributed by atoms with van der Waals surface area (Å²) in [6, 6.07) is 5.71. The predicted molar refractivity (Wildman–Crippen MR) is 64.6 cm³/mol. The smallest absolute Gasteiger partial charge is 0.337 e. The first-order chi connectivity index (χ1) is 7.19. The van der Waals surface area contributed by atoms with Crippen LogP contribution in [0.1, 0.15) is 27.9 Å². The Balaban J connectivity index is 2.83. The van der Waals surface area contributed by atoms with Crippen molar-refractivity contribution < 1.29 is 9.53 Å². The van der Waals surface area contributed by atoms with Gasteiger partial charge in [-0.1, -0.05) is 22.0 Å². The molecule has 0 saturated heterocycles. The summed E-state index contributed by atoms with van der Waals surface area (Å²) < 4.78 is 4.67. The van der Waals surface area contributed by atoms with Crippen molar-refractivity contribution in [3.8, 4) is 0 Å². The number of benzene rings is 1. The highest BCUT2D eigenvalue weighted by Crippen LogP contribution is 2.14. The van der Waals surface area contributed by atoms with Gasteiger partial charge < -0.3 is 4.74 Å². The van der Waals surface area contributed by atoms with Gasteiger partial charge in [-0.05, 0) is 43.0 Å². The van der Waals surface area contributed by atoms with E-state index in [1.54, 1.807) is 0 Å². The minimum Gasteiger partial charge on any atom is -0.465 e. The number of alkyl halides is 1. The molecule has 0 aliphatic heterocycles. The van der Waals surface area contributed by atoms with Crippen molar-refractivity contribution in [2.75, 3.05) is 12.4 Å². The molecular weight excluding hydrogens is 256 g/mol. The summed E-state index contributed by atoms with van der Waals surface area (Å²) in [5, 5.41) is 1.01. The number of ether oxygens (including phenoxy) is 1. The van der Waals surface area contributed by atoms with E-state index in [1.165, 1.54) is 12.7 Å². The second-order valence-electron chi connectivity index (χ2n) is 3.43. The number of carbonyl (C=O) groups is 1. The second-order valence-corrected chi connectivity index (χ2v) is 4.22. The number of aryl methyl sites for hydroxylation is 2. The van der Waals surface area contributed by atoms with Crippen LogP contribution < -0.4 is 0 Å². The van der Waals surface area contributed by atoms with Gasteiger partial charge in [-0.25, -0.2) is 4.79 Å². The molecule has 0 aromatic heterocycles. The lowest BCUT2D eigenvalue weighted by Gasteiger charge is -2.06. The van der Waals surface area contributed by atoms with Crippen molar-refractivity contribution in [3.05, 3.63) is 34.9 Å². The normalized spacial score (nSPS) is 10.1. The summed E-state index contributed by atoms with van der Waals surface area (Å²) in [7, 11) is 1.40. The highest BCUT2D eigenvalue weighted by molar-refractivity contribution is 9.09. The number of carbonyl (C=O) groups excluding carboxylic acids is 1. The van der Waals surface area contributed by atoms with Crippen LogP contribution in [0.15, 0.2) is 18.2 Å². The molecule has 1 aromatic carbocycles. The summed E-state index contributed by atoms with van der Waals surface area (Å²) in [4.78, 5) is 11.3. The third kappa shape index (κ3) is 3.34. The average Bonchev–Trinajstić information content (AvgIpc) is 2.26. The Labute approximate surface area is 98.8 Å². The molecular formula is C12H15BrO2. The monoisotopic (exact) mass is 270 g/mol. The molecule has 0 N–H and O–H groups in total. The van der Waals surface area contributed by atoms with Gasteiger partial charge in [0.25, 0.3) is 0 Å². The van der Waals surface area contributed by atoms with Crippen LogP contribution >= 0.6 is 15.9 Å². The van der Waals surface area contributed by atoms with E-state index in [0.717, 1.165) is 23.7 Å². The fourth-order valence-electron chi connectivity index (χ4n) is 1.48. The maximum atomic E-state index is 11.3. The van der Waals surface area contributed by atoms with Crippen molar-refractivity contribution in [3.63, 3.8) is 0 Å². The maximum absolute atomic E-state index is 11.3. The summed E-state index contributed by atoms with van der Waals surface area (Å²) in [5.74, 6) is -0.273. The summed E-state index contributed by atoms with van der Waals surface area (Å²) in [6.45, 7) is 2.02. The van der Waals surface area contributed by atoms with E-state index >= 15 is 0 Å². The lowest BCUT2D eigenvalue weighted by atomic mass is 10.0. The summed E-state index contributed by atoms with van der Waals surface area (Å²) in [5.41, 5.74) is 3.07. The highest BCUT2D eigenvalue weighted by Gasteiger charge is 2.06. The van der Waals surface area contributed by atoms with E-state index in [9.17, 15) is 4.79 Å². The molecule has 82 valence electrons. The molecule has 0 unspecified atom stereocenters. The number of rotatable bonds is 4. The fourth-order valence-corrected chi connectivity index (χ4v) is 1.76. The van der Waals surface area contributed by atoms with Gasteiger partial charge in [-0.15, -0.1) is 0 Å². The molecule has 2 nitrogen and oxygen atoms in total. The largest absolute Gasteiger partial charge is 0.465 e. The zero-order valence-electron chi connectivity index (χ0n) is 9.05. The first kappa shape index (κ1) is 12.2. The molecule has 0 radical (unpaired) electrons. The zero-order chi connectivity index (χ0) is 11.3. The highest BCUT2D eigenvalue weighted by atomic mass is 79.9. The zero-order valence-corrected chi connectivity index (χ0v) is 10.6. The average molecular weight is 271 g/mol. The molecule has 0 atom stereocenters. The summed E-state index contributed by atoms with van der Waals surface area (Å²) >= 11 is 3.41. The van der Waals surface area contributed by atoms with Crippen molar-refractivity contribution in [2.24, 2.45) is 0 Å². The van der Waals surface area contributed by atoms with E-state index in [4.69, 9.17) is 0 Å². The Kier molecular flexibility index (Phi) is 4.82. The molecule has 3 heteroatoms. The SMILES string of the molecule is COC(=O)c1ccc(CCCBr)c(C)c1. The van der Waals surface area contributed by atoms with Gasteiger partial charge >= 0.3 is 5.97 Å². The molecule has 0 aliphatic rings. The Bertz CT molecular complexity index is 347. The van der Waals surface area contributed by atoms with Crippen LogP contribution in [0.3, 0.4) is 0 Å². The fraction of sp³-hybridized carbons (Fsp3) is 0.417. The van der Waals surface area contributed by atoms with E-state index in [0.29, 0.717) is 5.56 Å². The van der Waals surface area contributed by atoms with E-state index in [1.807, 2.05) is 25.1 Å².